The normalized spacial score (nSPS) is 33.1. The van der Waals surface area contributed by atoms with E-state index in [1.54, 1.807) is 0 Å². The van der Waals surface area contributed by atoms with Crippen LogP contribution in [0.3, 0.4) is 0 Å². The second-order valence-electron chi connectivity index (χ2n) is 7.12. The quantitative estimate of drug-likeness (QED) is 0.789. The van der Waals surface area contributed by atoms with Crippen molar-refractivity contribution < 1.29 is 18.3 Å². The highest BCUT2D eigenvalue weighted by Crippen LogP contribution is 2.38. The molecule has 0 bridgehead atoms. The molecule has 0 aromatic heterocycles. The van der Waals surface area contributed by atoms with Gasteiger partial charge in [0.1, 0.15) is 0 Å². The van der Waals surface area contributed by atoms with Crippen molar-refractivity contribution >= 4 is 0 Å². The summed E-state index contributed by atoms with van der Waals surface area (Å²) in [6.45, 7) is 0.753. The van der Waals surface area contributed by atoms with Crippen LogP contribution < -0.4 is 5.32 Å². The average molecular weight is 306 g/mol. The highest BCUT2D eigenvalue weighted by Gasteiger charge is 2.39. The molecule has 3 nitrogen and oxygen atoms in total. The van der Waals surface area contributed by atoms with Crippen molar-refractivity contribution in [3.05, 3.63) is 0 Å². The van der Waals surface area contributed by atoms with Crippen LogP contribution in [0.1, 0.15) is 38.5 Å². The van der Waals surface area contributed by atoms with Crippen LogP contribution in [0.2, 0.25) is 0 Å². The van der Waals surface area contributed by atoms with E-state index in [1.807, 2.05) is 0 Å². The second-order valence-corrected chi connectivity index (χ2v) is 7.12. The lowest BCUT2D eigenvalue weighted by atomic mass is 9.88. The Kier molecular flexibility index (Phi) is 4.48. The second kappa shape index (κ2) is 6.05. The highest BCUT2D eigenvalue weighted by atomic mass is 19.4. The first-order chi connectivity index (χ1) is 9.90. The number of aliphatic hydroxyl groups is 1. The number of hydrogen-bond donors (Lipinski definition) is 2. The Labute approximate surface area is 123 Å². The lowest BCUT2D eigenvalue weighted by Gasteiger charge is -2.39. The van der Waals surface area contributed by atoms with Crippen molar-refractivity contribution in [2.24, 2.45) is 11.8 Å². The Morgan fingerprint density at radius 3 is 2.43 bits per heavy atom. The molecule has 3 fully saturated rings. The summed E-state index contributed by atoms with van der Waals surface area (Å²) in [4.78, 5) is 2.34. The fourth-order valence-electron chi connectivity index (χ4n) is 3.57. The molecule has 3 rings (SSSR count). The largest absolute Gasteiger partial charge is 0.401 e. The molecule has 2 N–H and O–H groups in total. The van der Waals surface area contributed by atoms with Gasteiger partial charge in [0.05, 0.1) is 12.6 Å². The van der Waals surface area contributed by atoms with Crippen molar-refractivity contribution in [2.45, 2.75) is 62.9 Å². The van der Waals surface area contributed by atoms with E-state index in [9.17, 15) is 18.3 Å². The van der Waals surface area contributed by atoms with Crippen LogP contribution in [0.15, 0.2) is 0 Å². The maximum absolute atomic E-state index is 12.4. The number of nitrogens with one attached hydrogen (secondary N) is 1. The maximum Gasteiger partial charge on any atom is 0.401 e. The Hall–Kier alpha value is -0.330. The minimum Gasteiger partial charge on any atom is -0.393 e. The Morgan fingerprint density at radius 1 is 1.14 bits per heavy atom. The number of aliphatic hydroxyl groups excluding tert-OH is 1. The van der Waals surface area contributed by atoms with E-state index in [0.29, 0.717) is 17.9 Å². The summed E-state index contributed by atoms with van der Waals surface area (Å²) in [5.74, 6) is 0.767. The molecule has 1 saturated heterocycles. The molecule has 0 aromatic carbocycles. The number of hydrogen-bond acceptors (Lipinski definition) is 3. The summed E-state index contributed by atoms with van der Waals surface area (Å²) in [6.07, 6.45) is 1.66. The predicted molar refractivity (Wildman–Crippen MR) is 73.9 cm³/mol. The fraction of sp³-hybridized carbons (Fsp3) is 1.00. The number of piperidine rings is 1. The van der Waals surface area contributed by atoms with Crippen molar-refractivity contribution in [1.82, 2.24) is 10.2 Å². The molecule has 1 aliphatic heterocycles. The van der Waals surface area contributed by atoms with E-state index in [4.69, 9.17) is 0 Å². The van der Waals surface area contributed by atoms with Crippen LogP contribution in [-0.2, 0) is 0 Å². The highest BCUT2D eigenvalue weighted by molar-refractivity contribution is 4.94. The van der Waals surface area contributed by atoms with Gasteiger partial charge in [-0.1, -0.05) is 0 Å². The molecule has 6 heteroatoms. The standard InChI is InChI=1S/C15H25F3N2O/c16-15(17,18)9-19-12-5-10(6-14(21)11-1-2-11)7-20(8-12)13-3-4-13/h10-14,19,21H,1-9H2. The first kappa shape index (κ1) is 15.6. The van der Waals surface area contributed by atoms with Gasteiger partial charge >= 0.3 is 6.18 Å². The van der Waals surface area contributed by atoms with Gasteiger partial charge in [-0.3, -0.25) is 4.90 Å². The van der Waals surface area contributed by atoms with E-state index >= 15 is 0 Å². The van der Waals surface area contributed by atoms with E-state index in [2.05, 4.69) is 10.2 Å². The zero-order valence-electron chi connectivity index (χ0n) is 12.3. The summed E-state index contributed by atoms with van der Waals surface area (Å²) < 4.78 is 37.2. The first-order valence-corrected chi connectivity index (χ1v) is 8.13. The van der Waals surface area contributed by atoms with Crippen LogP contribution in [0.4, 0.5) is 13.2 Å². The molecule has 0 radical (unpaired) electrons. The third-order valence-electron chi connectivity index (χ3n) is 4.96. The minimum absolute atomic E-state index is 0.0996. The maximum atomic E-state index is 12.4. The molecule has 2 saturated carbocycles. The molecular weight excluding hydrogens is 281 g/mol. The number of halogens is 3. The van der Waals surface area contributed by atoms with E-state index in [-0.39, 0.29) is 12.1 Å². The van der Waals surface area contributed by atoms with Crippen LogP contribution in [0.5, 0.6) is 0 Å². The van der Waals surface area contributed by atoms with Gasteiger partial charge < -0.3 is 10.4 Å². The number of nitrogens with zero attached hydrogens (tertiary/aromatic N) is 1. The molecule has 0 amide bonds. The molecular formula is C15H25F3N2O. The third-order valence-corrected chi connectivity index (χ3v) is 4.96. The number of likely N-dealkylation sites (tertiary alicyclic amines) is 1. The van der Waals surface area contributed by atoms with Gasteiger partial charge in [0.25, 0.3) is 0 Å². The van der Waals surface area contributed by atoms with Gasteiger partial charge in [0, 0.05) is 25.2 Å². The van der Waals surface area contributed by atoms with E-state index in [0.717, 1.165) is 38.8 Å². The average Bonchev–Trinajstić information content (AvgIpc) is 3.28. The monoisotopic (exact) mass is 306 g/mol. The van der Waals surface area contributed by atoms with Crippen molar-refractivity contribution in [3.8, 4) is 0 Å². The van der Waals surface area contributed by atoms with Gasteiger partial charge in [-0.25, -0.2) is 0 Å². The molecule has 0 aromatic rings. The lowest BCUT2D eigenvalue weighted by molar-refractivity contribution is -0.127. The van der Waals surface area contributed by atoms with Crippen LogP contribution in [0.25, 0.3) is 0 Å². The van der Waals surface area contributed by atoms with Crippen LogP contribution >= 0.6 is 0 Å². The molecule has 21 heavy (non-hydrogen) atoms. The van der Waals surface area contributed by atoms with Gasteiger partial charge in [-0.15, -0.1) is 0 Å². The Balaban J connectivity index is 1.52. The van der Waals surface area contributed by atoms with E-state index < -0.39 is 12.7 Å². The van der Waals surface area contributed by atoms with Crippen molar-refractivity contribution in [2.75, 3.05) is 19.6 Å². The number of rotatable bonds is 6. The molecule has 2 aliphatic carbocycles. The van der Waals surface area contributed by atoms with Gasteiger partial charge in [-0.2, -0.15) is 13.2 Å². The molecule has 3 unspecified atom stereocenters. The van der Waals surface area contributed by atoms with Crippen molar-refractivity contribution in [1.29, 1.82) is 0 Å². The van der Waals surface area contributed by atoms with Gasteiger partial charge in [-0.05, 0) is 50.4 Å². The van der Waals surface area contributed by atoms with Crippen LogP contribution in [0, 0.1) is 11.8 Å². The zero-order valence-corrected chi connectivity index (χ0v) is 12.3. The Morgan fingerprint density at radius 2 is 1.86 bits per heavy atom. The van der Waals surface area contributed by atoms with Gasteiger partial charge in [0.2, 0.25) is 0 Å². The SMILES string of the molecule is OC(CC1CC(NCC(F)(F)F)CN(C2CC2)C1)C1CC1. The predicted octanol–water partition coefficient (Wildman–Crippen LogP) is 2.15. The smallest absolute Gasteiger partial charge is 0.393 e. The molecule has 3 aliphatic rings. The first-order valence-electron chi connectivity index (χ1n) is 8.13. The van der Waals surface area contributed by atoms with Gasteiger partial charge in [0.15, 0.2) is 0 Å². The molecule has 3 atom stereocenters. The molecule has 1 heterocycles. The van der Waals surface area contributed by atoms with Crippen LogP contribution in [-0.4, -0.2) is 54.0 Å². The summed E-state index contributed by atoms with van der Waals surface area (Å²) in [6, 6.07) is 0.471. The zero-order chi connectivity index (χ0) is 15.0. The Bertz CT molecular complexity index is 353. The summed E-state index contributed by atoms with van der Waals surface area (Å²) in [7, 11) is 0. The molecule has 122 valence electrons. The molecule has 0 spiro atoms. The fourth-order valence-corrected chi connectivity index (χ4v) is 3.57. The topological polar surface area (TPSA) is 35.5 Å². The summed E-state index contributed by atoms with van der Waals surface area (Å²) in [5, 5.41) is 12.8. The van der Waals surface area contributed by atoms with E-state index in [1.165, 1.54) is 12.8 Å². The summed E-state index contributed by atoms with van der Waals surface area (Å²) >= 11 is 0. The van der Waals surface area contributed by atoms with Crippen molar-refractivity contribution in [3.63, 3.8) is 0 Å². The lowest BCUT2D eigenvalue weighted by Crippen LogP contribution is -2.52. The number of alkyl halides is 3. The minimum atomic E-state index is -4.15. The summed E-state index contributed by atoms with van der Waals surface area (Å²) in [5.41, 5.74) is 0. The third kappa shape index (κ3) is 4.83.